The fourth-order valence-electron chi connectivity index (χ4n) is 1.47. The highest BCUT2D eigenvalue weighted by atomic mass is 35.5. The predicted molar refractivity (Wildman–Crippen MR) is 71.0 cm³/mol. The summed E-state index contributed by atoms with van der Waals surface area (Å²) in [4.78, 5) is 11.7. The maximum absolute atomic E-state index is 13.0. The Labute approximate surface area is 112 Å². The summed E-state index contributed by atoms with van der Waals surface area (Å²) in [6.45, 7) is 4.06. The molecule has 0 bridgehead atoms. The number of halogens is 2. The molecule has 0 atom stereocenters. The Hall–Kier alpha value is -1.13. The SMILES string of the molecule is CC(C)(CN)NC(=O)CCc1cc(F)ccc1Cl. The van der Waals surface area contributed by atoms with Gasteiger partial charge in [0.05, 0.1) is 0 Å². The number of nitrogens with two attached hydrogens (primary N) is 1. The molecule has 0 aromatic heterocycles. The average molecular weight is 273 g/mol. The van der Waals surface area contributed by atoms with Crippen LogP contribution >= 0.6 is 11.6 Å². The molecule has 0 heterocycles. The summed E-state index contributed by atoms with van der Waals surface area (Å²) >= 11 is 5.92. The summed E-state index contributed by atoms with van der Waals surface area (Å²) in [5, 5.41) is 3.28. The van der Waals surface area contributed by atoms with Crippen LogP contribution in [0.25, 0.3) is 0 Å². The number of benzene rings is 1. The smallest absolute Gasteiger partial charge is 0.220 e. The average Bonchev–Trinajstić information content (AvgIpc) is 2.30. The number of hydrogen-bond donors (Lipinski definition) is 2. The van der Waals surface area contributed by atoms with Crippen LogP contribution in [0.2, 0.25) is 5.02 Å². The minimum atomic E-state index is -0.428. The number of aryl methyl sites for hydroxylation is 1. The molecule has 3 nitrogen and oxygen atoms in total. The van der Waals surface area contributed by atoms with E-state index in [1.807, 2.05) is 13.8 Å². The summed E-state index contributed by atoms with van der Waals surface area (Å²) in [6, 6.07) is 4.14. The molecule has 0 aliphatic rings. The number of carbonyl (C=O) groups excluding carboxylic acids is 1. The standard InChI is InChI=1S/C13H18ClFN2O/c1-13(2,8-16)17-12(18)6-3-9-7-10(15)4-5-11(9)14/h4-5,7H,3,6,8,16H2,1-2H3,(H,17,18). The summed E-state index contributed by atoms with van der Waals surface area (Å²) in [7, 11) is 0. The lowest BCUT2D eigenvalue weighted by Gasteiger charge is -2.24. The van der Waals surface area contributed by atoms with E-state index in [-0.39, 0.29) is 18.1 Å². The second kappa shape index (κ2) is 6.16. The van der Waals surface area contributed by atoms with Crippen molar-refractivity contribution in [2.45, 2.75) is 32.2 Å². The van der Waals surface area contributed by atoms with Crippen LogP contribution in [0.1, 0.15) is 25.8 Å². The Bertz CT molecular complexity index is 435. The van der Waals surface area contributed by atoms with Crippen molar-refractivity contribution in [1.82, 2.24) is 5.32 Å². The highest BCUT2D eigenvalue weighted by Gasteiger charge is 2.18. The van der Waals surface area contributed by atoms with Gasteiger partial charge < -0.3 is 11.1 Å². The van der Waals surface area contributed by atoms with Crippen LogP contribution in [0, 0.1) is 5.82 Å². The van der Waals surface area contributed by atoms with Crippen molar-refractivity contribution < 1.29 is 9.18 Å². The largest absolute Gasteiger partial charge is 0.350 e. The molecule has 0 saturated carbocycles. The van der Waals surface area contributed by atoms with Gasteiger partial charge in [-0.15, -0.1) is 0 Å². The van der Waals surface area contributed by atoms with E-state index in [0.717, 1.165) is 0 Å². The van der Waals surface area contributed by atoms with Crippen LogP contribution < -0.4 is 11.1 Å². The van der Waals surface area contributed by atoms with Gasteiger partial charge in [0, 0.05) is 23.5 Å². The zero-order valence-electron chi connectivity index (χ0n) is 10.6. The third-order valence-electron chi connectivity index (χ3n) is 2.62. The molecule has 3 N–H and O–H groups in total. The Morgan fingerprint density at radius 1 is 1.50 bits per heavy atom. The minimum Gasteiger partial charge on any atom is -0.350 e. The van der Waals surface area contributed by atoms with E-state index < -0.39 is 5.54 Å². The molecule has 0 saturated heterocycles. The van der Waals surface area contributed by atoms with Crippen LogP contribution in [0.4, 0.5) is 4.39 Å². The fraction of sp³-hybridized carbons (Fsp3) is 0.462. The fourth-order valence-corrected chi connectivity index (χ4v) is 1.69. The normalized spacial score (nSPS) is 11.4. The lowest BCUT2D eigenvalue weighted by Crippen LogP contribution is -2.48. The molecule has 1 amide bonds. The van der Waals surface area contributed by atoms with Crippen molar-refractivity contribution in [3.8, 4) is 0 Å². The molecule has 5 heteroatoms. The lowest BCUT2D eigenvalue weighted by molar-refractivity contribution is -0.122. The van der Waals surface area contributed by atoms with E-state index in [4.69, 9.17) is 17.3 Å². The zero-order chi connectivity index (χ0) is 13.8. The molecule has 1 aromatic carbocycles. The van der Waals surface area contributed by atoms with Gasteiger partial charge in [-0.3, -0.25) is 4.79 Å². The molecular weight excluding hydrogens is 255 g/mol. The number of amides is 1. The molecule has 0 spiro atoms. The molecular formula is C13H18ClFN2O. The Kier molecular flexibility index (Phi) is 5.11. The van der Waals surface area contributed by atoms with Crippen LogP contribution in [-0.2, 0) is 11.2 Å². The van der Waals surface area contributed by atoms with E-state index in [2.05, 4.69) is 5.32 Å². The monoisotopic (exact) mass is 272 g/mol. The summed E-state index contributed by atoms with van der Waals surface area (Å²) in [5.41, 5.74) is 5.73. The third kappa shape index (κ3) is 4.63. The second-order valence-electron chi connectivity index (χ2n) is 4.87. The van der Waals surface area contributed by atoms with E-state index in [1.54, 1.807) is 0 Å². The van der Waals surface area contributed by atoms with Crippen LogP contribution in [0.15, 0.2) is 18.2 Å². The van der Waals surface area contributed by atoms with Crippen molar-refractivity contribution in [3.63, 3.8) is 0 Å². The molecule has 18 heavy (non-hydrogen) atoms. The van der Waals surface area contributed by atoms with E-state index in [0.29, 0.717) is 23.6 Å². The van der Waals surface area contributed by atoms with Gasteiger partial charge in [-0.25, -0.2) is 4.39 Å². The third-order valence-corrected chi connectivity index (χ3v) is 2.99. The van der Waals surface area contributed by atoms with Crippen molar-refractivity contribution in [2.75, 3.05) is 6.54 Å². The topological polar surface area (TPSA) is 55.1 Å². The molecule has 0 radical (unpaired) electrons. The molecule has 0 aliphatic heterocycles. The molecule has 0 fully saturated rings. The first kappa shape index (κ1) is 14.9. The molecule has 0 unspecified atom stereocenters. The highest BCUT2D eigenvalue weighted by Crippen LogP contribution is 2.18. The summed E-state index contributed by atoms with van der Waals surface area (Å²) in [5.74, 6) is -0.470. The lowest BCUT2D eigenvalue weighted by atomic mass is 10.0. The first-order valence-corrected chi connectivity index (χ1v) is 6.17. The zero-order valence-corrected chi connectivity index (χ0v) is 11.4. The maximum Gasteiger partial charge on any atom is 0.220 e. The van der Waals surface area contributed by atoms with Crippen LogP contribution in [-0.4, -0.2) is 18.0 Å². The number of rotatable bonds is 5. The quantitative estimate of drug-likeness (QED) is 0.864. The Morgan fingerprint density at radius 3 is 2.78 bits per heavy atom. The van der Waals surface area contributed by atoms with Gasteiger partial charge in [0.25, 0.3) is 0 Å². The van der Waals surface area contributed by atoms with Gasteiger partial charge in [0.1, 0.15) is 5.82 Å². The van der Waals surface area contributed by atoms with Gasteiger partial charge in [-0.05, 0) is 44.0 Å². The van der Waals surface area contributed by atoms with Gasteiger partial charge in [0.2, 0.25) is 5.91 Å². The van der Waals surface area contributed by atoms with Gasteiger partial charge in [-0.2, -0.15) is 0 Å². The summed E-state index contributed by atoms with van der Waals surface area (Å²) in [6.07, 6.45) is 0.662. The van der Waals surface area contributed by atoms with E-state index in [1.165, 1.54) is 18.2 Å². The highest BCUT2D eigenvalue weighted by molar-refractivity contribution is 6.31. The van der Waals surface area contributed by atoms with Crippen molar-refractivity contribution in [1.29, 1.82) is 0 Å². The Morgan fingerprint density at radius 2 is 2.17 bits per heavy atom. The van der Waals surface area contributed by atoms with Crippen LogP contribution in [0.5, 0.6) is 0 Å². The maximum atomic E-state index is 13.0. The van der Waals surface area contributed by atoms with Crippen LogP contribution in [0.3, 0.4) is 0 Å². The molecule has 1 aromatic rings. The number of carbonyl (C=O) groups is 1. The predicted octanol–water partition coefficient (Wildman–Crippen LogP) is 2.27. The first-order chi connectivity index (χ1) is 8.34. The van der Waals surface area contributed by atoms with Gasteiger partial charge in [-0.1, -0.05) is 11.6 Å². The molecule has 1 rings (SSSR count). The molecule has 100 valence electrons. The van der Waals surface area contributed by atoms with E-state index >= 15 is 0 Å². The molecule has 0 aliphatic carbocycles. The van der Waals surface area contributed by atoms with Crippen molar-refractivity contribution >= 4 is 17.5 Å². The number of nitrogens with one attached hydrogen (secondary N) is 1. The first-order valence-electron chi connectivity index (χ1n) is 5.79. The van der Waals surface area contributed by atoms with Crippen molar-refractivity contribution in [2.24, 2.45) is 5.73 Å². The minimum absolute atomic E-state index is 0.120. The van der Waals surface area contributed by atoms with E-state index in [9.17, 15) is 9.18 Å². The second-order valence-corrected chi connectivity index (χ2v) is 5.28. The van der Waals surface area contributed by atoms with Gasteiger partial charge in [0.15, 0.2) is 0 Å². The Balaban J connectivity index is 2.55. The van der Waals surface area contributed by atoms with Gasteiger partial charge >= 0.3 is 0 Å². The van der Waals surface area contributed by atoms with Crippen molar-refractivity contribution in [3.05, 3.63) is 34.6 Å². The number of hydrogen-bond acceptors (Lipinski definition) is 2. The summed E-state index contributed by atoms with van der Waals surface area (Å²) < 4.78 is 13.0.